The lowest BCUT2D eigenvalue weighted by Gasteiger charge is -1.93. The summed E-state index contributed by atoms with van der Waals surface area (Å²) in [6.45, 7) is 0. The topological polar surface area (TPSA) is 31.6 Å². The molecule has 0 aliphatic rings. The molecule has 0 radical (unpaired) electrons. The van der Waals surface area contributed by atoms with Crippen LogP contribution in [0.1, 0.15) is 0 Å². The maximum absolute atomic E-state index is 3.50. The van der Waals surface area contributed by atoms with E-state index >= 15 is 0 Å². The Morgan fingerprint density at radius 3 is 1.56 bits per heavy atom. The number of hydrogen-bond donors (Lipinski definition) is 2. The molecule has 2 heterocycles. The third kappa shape index (κ3) is 1.39. The molecule has 0 fully saturated rings. The lowest BCUT2D eigenvalue weighted by Crippen LogP contribution is -1.72. The molecule has 2 N–H and O–H groups in total. The largest absolute Gasteiger partial charge is 0.353 e. The Morgan fingerprint density at radius 2 is 1.11 bits per heavy atom. The lowest BCUT2D eigenvalue weighted by atomic mass is 10.2. The molecular weight excluding hydrogens is 356 g/mol. The quantitative estimate of drug-likeness (QED) is 0.423. The first-order valence-corrected chi connectivity index (χ1v) is 7.19. The van der Waals surface area contributed by atoms with Gasteiger partial charge in [0.15, 0.2) is 0 Å². The molecule has 88 valence electrons. The monoisotopic (exact) mass is 362 g/mol. The average molecular weight is 364 g/mol. The zero-order valence-corrected chi connectivity index (χ0v) is 12.4. The van der Waals surface area contributed by atoms with Crippen molar-refractivity contribution in [2.24, 2.45) is 0 Å². The van der Waals surface area contributed by atoms with Gasteiger partial charge in [0.25, 0.3) is 0 Å². The molecule has 2 aromatic carbocycles. The highest BCUT2D eigenvalue weighted by molar-refractivity contribution is 9.10. The molecule has 0 bridgehead atoms. The van der Waals surface area contributed by atoms with Crippen molar-refractivity contribution in [3.05, 3.63) is 45.3 Å². The van der Waals surface area contributed by atoms with E-state index < -0.39 is 0 Å². The highest BCUT2D eigenvalue weighted by Gasteiger charge is 2.10. The van der Waals surface area contributed by atoms with Crippen LogP contribution >= 0.6 is 31.9 Å². The number of nitrogens with one attached hydrogen (secondary N) is 2. The molecule has 0 atom stereocenters. The molecular formula is C14H8Br2N2. The van der Waals surface area contributed by atoms with Crippen LogP contribution in [0.4, 0.5) is 0 Å². The number of hydrogen-bond acceptors (Lipinski definition) is 0. The number of benzene rings is 2. The van der Waals surface area contributed by atoms with Gasteiger partial charge in [-0.2, -0.15) is 0 Å². The zero-order chi connectivity index (χ0) is 12.3. The first kappa shape index (κ1) is 10.6. The van der Waals surface area contributed by atoms with Crippen molar-refractivity contribution in [2.45, 2.75) is 0 Å². The van der Waals surface area contributed by atoms with E-state index in [2.05, 4.69) is 78.2 Å². The Hall–Kier alpha value is -1.26. The molecule has 0 aliphatic heterocycles. The summed E-state index contributed by atoms with van der Waals surface area (Å²) in [4.78, 5) is 6.97. The van der Waals surface area contributed by atoms with Gasteiger partial charge in [-0.15, -0.1) is 0 Å². The van der Waals surface area contributed by atoms with Crippen molar-refractivity contribution >= 4 is 64.7 Å². The molecule has 0 saturated carbocycles. The standard InChI is InChI=1S/C14H8Br2N2/c15-7-1-3-9-11(5-7)17-14-10-4-2-8(16)6-12(10)18-13(9)14/h1-6,17-18H. The van der Waals surface area contributed by atoms with E-state index in [1.807, 2.05) is 0 Å². The van der Waals surface area contributed by atoms with Crippen LogP contribution in [-0.4, -0.2) is 9.97 Å². The highest BCUT2D eigenvalue weighted by Crippen LogP contribution is 2.33. The minimum atomic E-state index is 1.09. The number of aromatic amines is 2. The van der Waals surface area contributed by atoms with Crippen LogP contribution in [0.5, 0.6) is 0 Å². The number of fused-ring (bicyclic) bond motifs is 5. The van der Waals surface area contributed by atoms with Crippen molar-refractivity contribution in [1.29, 1.82) is 0 Å². The Morgan fingerprint density at radius 1 is 0.667 bits per heavy atom. The molecule has 2 aromatic heterocycles. The second-order valence-electron chi connectivity index (χ2n) is 4.38. The number of aromatic nitrogens is 2. The smallest absolute Gasteiger partial charge is 0.0725 e. The van der Waals surface area contributed by atoms with Gasteiger partial charge in [-0.05, 0) is 36.4 Å². The fraction of sp³-hybridized carbons (Fsp3) is 0. The van der Waals surface area contributed by atoms with Gasteiger partial charge in [0.1, 0.15) is 0 Å². The molecule has 0 unspecified atom stereocenters. The molecule has 0 spiro atoms. The maximum atomic E-state index is 3.50. The molecule has 0 saturated heterocycles. The van der Waals surface area contributed by atoms with Gasteiger partial charge in [-0.25, -0.2) is 0 Å². The van der Waals surface area contributed by atoms with E-state index in [1.165, 1.54) is 21.8 Å². The van der Waals surface area contributed by atoms with Gasteiger partial charge >= 0.3 is 0 Å². The maximum Gasteiger partial charge on any atom is 0.0725 e. The predicted molar refractivity (Wildman–Crippen MR) is 83.1 cm³/mol. The first-order chi connectivity index (χ1) is 8.72. The van der Waals surface area contributed by atoms with Crippen molar-refractivity contribution in [1.82, 2.24) is 9.97 Å². The lowest BCUT2D eigenvalue weighted by molar-refractivity contribution is 1.55. The van der Waals surface area contributed by atoms with Gasteiger partial charge in [0.2, 0.25) is 0 Å². The van der Waals surface area contributed by atoms with E-state index in [4.69, 9.17) is 0 Å². The van der Waals surface area contributed by atoms with Gasteiger partial charge in [-0.1, -0.05) is 31.9 Å². The van der Waals surface area contributed by atoms with Crippen molar-refractivity contribution in [3.63, 3.8) is 0 Å². The van der Waals surface area contributed by atoms with E-state index in [1.54, 1.807) is 0 Å². The summed E-state index contributed by atoms with van der Waals surface area (Å²) < 4.78 is 2.18. The van der Waals surface area contributed by atoms with Crippen LogP contribution in [0.25, 0.3) is 32.8 Å². The average Bonchev–Trinajstić information content (AvgIpc) is 2.83. The molecule has 0 aliphatic carbocycles. The van der Waals surface area contributed by atoms with Crippen LogP contribution in [-0.2, 0) is 0 Å². The third-order valence-electron chi connectivity index (χ3n) is 3.27. The molecule has 4 heteroatoms. The normalized spacial score (nSPS) is 11.9. The highest BCUT2D eigenvalue weighted by atomic mass is 79.9. The minimum Gasteiger partial charge on any atom is -0.353 e. The van der Waals surface area contributed by atoms with Gasteiger partial charge < -0.3 is 9.97 Å². The summed E-state index contributed by atoms with van der Waals surface area (Å²) in [5, 5.41) is 2.45. The molecule has 4 rings (SSSR count). The summed E-state index contributed by atoms with van der Waals surface area (Å²) >= 11 is 7.00. The molecule has 0 amide bonds. The summed E-state index contributed by atoms with van der Waals surface area (Å²) in [7, 11) is 0. The number of rotatable bonds is 0. The number of halogens is 2. The summed E-state index contributed by atoms with van der Waals surface area (Å²) in [6, 6.07) is 12.6. The van der Waals surface area contributed by atoms with Gasteiger partial charge in [0.05, 0.1) is 11.0 Å². The Balaban J connectivity index is 2.23. The first-order valence-electron chi connectivity index (χ1n) is 5.60. The fourth-order valence-electron chi connectivity index (χ4n) is 2.47. The summed E-state index contributed by atoms with van der Waals surface area (Å²) in [5.74, 6) is 0. The minimum absolute atomic E-state index is 1.09. The molecule has 2 nitrogen and oxygen atoms in total. The molecule has 18 heavy (non-hydrogen) atoms. The fourth-order valence-corrected chi connectivity index (χ4v) is 3.20. The Bertz CT molecular complexity index is 826. The van der Waals surface area contributed by atoms with Gasteiger partial charge in [0, 0.05) is 30.8 Å². The predicted octanol–water partition coefficient (Wildman–Crippen LogP) is 5.33. The van der Waals surface area contributed by atoms with Crippen molar-refractivity contribution in [2.75, 3.05) is 0 Å². The second kappa shape index (κ2) is 3.62. The van der Waals surface area contributed by atoms with Crippen molar-refractivity contribution in [3.8, 4) is 0 Å². The van der Waals surface area contributed by atoms with Gasteiger partial charge in [-0.3, -0.25) is 0 Å². The Kier molecular flexibility index (Phi) is 2.14. The SMILES string of the molecule is Brc1ccc2c(c1)[nH]c1c3ccc(Br)cc3[nH]c21. The van der Waals surface area contributed by atoms with Crippen LogP contribution in [0.2, 0.25) is 0 Å². The van der Waals surface area contributed by atoms with E-state index in [0.29, 0.717) is 0 Å². The Labute approximate surface area is 120 Å². The van der Waals surface area contributed by atoms with E-state index in [0.717, 1.165) is 20.0 Å². The van der Waals surface area contributed by atoms with E-state index in [9.17, 15) is 0 Å². The van der Waals surface area contributed by atoms with Crippen LogP contribution in [0.3, 0.4) is 0 Å². The second-order valence-corrected chi connectivity index (χ2v) is 6.21. The summed E-state index contributed by atoms with van der Waals surface area (Å²) in [5.41, 5.74) is 4.64. The zero-order valence-electron chi connectivity index (χ0n) is 9.22. The number of H-pyrrole nitrogens is 2. The van der Waals surface area contributed by atoms with Crippen LogP contribution in [0.15, 0.2) is 45.3 Å². The van der Waals surface area contributed by atoms with Crippen molar-refractivity contribution < 1.29 is 0 Å². The van der Waals surface area contributed by atoms with E-state index in [-0.39, 0.29) is 0 Å². The summed E-state index contributed by atoms with van der Waals surface area (Å²) in [6.07, 6.45) is 0. The third-order valence-corrected chi connectivity index (χ3v) is 4.26. The van der Waals surface area contributed by atoms with Crippen LogP contribution < -0.4 is 0 Å². The van der Waals surface area contributed by atoms with Crippen LogP contribution in [0, 0.1) is 0 Å². The molecule has 4 aromatic rings.